The molecule has 0 saturated heterocycles. The van der Waals surface area contributed by atoms with Crippen molar-refractivity contribution in [2.45, 2.75) is 19.9 Å². The predicted octanol–water partition coefficient (Wildman–Crippen LogP) is -0.173. The van der Waals surface area contributed by atoms with Crippen molar-refractivity contribution in [3.8, 4) is 0 Å². The molecule has 0 aromatic heterocycles. The lowest BCUT2D eigenvalue weighted by atomic mass is 9.86. The maximum absolute atomic E-state index is 12.5. The highest BCUT2D eigenvalue weighted by molar-refractivity contribution is 6.00. The third-order valence-electron chi connectivity index (χ3n) is 4.00. The number of carbonyl (C=O) groups is 5. The summed E-state index contributed by atoms with van der Waals surface area (Å²) >= 11 is 0. The zero-order valence-electron chi connectivity index (χ0n) is 16.0. The second-order valence-corrected chi connectivity index (χ2v) is 6.00. The number of nitrogens with one attached hydrogen (secondary N) is 2. The van der Waals surface area contributed by atoms with Gasteiger partial charge in [-0.1, -0.05) is 13.0 Å². The fourth-order valence-corrected chi connectivity index (χ4v) is 2.60. The van der Waals surface area contributed by atoms with Gasteiger partial charge in [0.1, 0.15) is 6.04 Å². The molecule has 0 unspecified atom stereocenters. The molecule has 1 aromatic carbocycles. The molecule has 0 aliphatic carbocycles. The Kier molecular flexibility index (Phi) is 8.11. The van der Waals surface area contributed by atoms with Gasteiger partial charge in [-0.2, -0.15) is 0 Å². The number of hydrogen-bond acceptors (Lipinski definition) is 7. The minimum Gasteiger partial charge on any atom is -0.468 e. The lowest BCUT2D eigenvalue weighted by Crippen LogP contribution is -2.52. The number of ether oxygens (including phenoxy) is 2. The van der Waals surface area contributed by atoms with Crippen LogP contribution in [0.2, 0.25) is 0 Å². The van der Waals surface area contributed by atoms with Crippen molar-refractivity contribution in [3.05, 3.63) is 29.8 Å². The first-order valence-corrected chi connectivity index (χ1v) is 8.25. The maximum Gasteiger partial charge on any atom is 0.320 e. The average molecular weight is 393 g/mol. The number of esters is 2. The van der Waals surface area contributed by atoms with Crippen molar-refractivity contribution in [2.24, 2.45) is 17.6 Å². The number of hydrogen-bond donors (Lipinski definition) is 3. The van der Waals surface area contributed by atoms with Crippen molar-refractivity contribution in [3.63, 3.8) is 0 Å². The lowest BCUT2D eigenvalue weighted by molar-refractivity contribution is -0.162. The van der Waals surface area contributed by atoms with E-state index in [1.807, 2.05) is 0 Å². The van der Waals surface area contributed by atoms with Crippen LogP contribution in [0.3, 0.4) is 0 Å². The van der Waals surface area contributed by atoms with Crippen LogP contribution in [0.1, 0.15) is 24.2 Å². The van der Waals surface area contributed by atoms with Gasteiger partial charge >= 0.3 is 11.9 Å². The first-order chi connectivity index (χ1) is 13.1. The van der Waals surface area contributed by atoms with Crippen LogP contribution in [0.15, 0.2) is 24.3 Å². The van der Waals surface area contributed by atoms with Crippen molar-refractivity contribution < 1.29 is 33.4 Å². The molecule has 0 heterocycles. The summed E-state index contributed by atoms with van der Waals surface area (Å²) in [5.41, 5.74) is 5.88. The number of nitrogens with two attached hydrogens (primary N) is 1. The molecule has 0 fully saturated rings. The molecule has 3 amide bonds. The second-order valence-electron chi connectivity index (χ2n) is 6.00. The molecular weight excluding hydrogens is 370 g/mol. The smallest absolute Gasteiger partial charge is 0.320 e. The number of anilines is 1. The molecule has 0 saturated carbocycles. The summed E-state index contributed by atoms with van der Waals surface area (Å²) in [5.74, 6) is -6.30. The zero-order valence-corrected chi connectivity index (χ0v) is 16.0. The van der Waals surface area contributed by atoms with Gasteiger partial charge in [0.2, 0.25) is 11.8 Å². The molecule has 0 bridgehead atoms. The van der Waals surface area contributed by atoms with E-state index in [2.05, 4.69) is 20.1 Å². The van der Waals surface area contributed by atoms with Gasteiger partial charge < -0.3 is 25.8 Å². The van der Waals surface area contributed by atoms with Gasteiger partial charge in [-0.05, 0) is 18.2 Å². The summed E-state index contributed by atoms with van der Waals surface area (Å²) < 4.78 is 9.17. The van der Waals surface area contributed by atoms with Crippen LogP contribution in [-0.4, -0.2) is 49.9 Å². The van der Waals surface area contributed by atoms with E-state index in [4.69, 9.17) is 5.73 Å². The minimum absolute atomic E-state index is 0.136. The maximum atomic E-state index is 12.5. The summed E-state index contributed by atoms with van der Waals surface area (Å²) in [6.07, 6.45) is 0. The number of primary amides is 1. The van der Waals surface area contributed by atoms with E-state index in [-0.39, 0.29) is 11.5 Å². The van der Waals surface area contributed by atoms with Crippen LogP contribution in [0.5, 0.6) is 0 Å². The molecule has 10 heteroatoms. The second kappa shape index (κ2) is 10.0. The fraction of sp³-hybridized carbons (Fsp3) is 0.389. The molecule has 0 spiro atoms. The summed E-state index contributed by atoms with van der Waals surface area (Å²) in [6.45, 7) is 2.71. The molecule has 2 atom stereocenters. The van der Waals surface area contributed by atoms with Gasteiger partial charge in [0.25, 0.3) is 5.91 Å². The number of methoxy groups -OCH3 is 2. The number of benzene rings is 1. The van der Waals surface area contributed by atoms with Crippen LogP contribution in [0.4, 0.5) is 5.69 Å². The molecule has 0 aliphatic rings. The van der Waals surface area contributed by atoms with Crippen molar-refractivity contribution in [1.82, 2.24) is 5.32 Å². The van der Waals surface area contributed by atoms with Crippen LogP contribution < -0.4 is 16.4 Å². The van der Waals surface area contributed by atoms with E-state index in [9.17, 15) is 24.0 Å². The van der Waals surface area contributed by atoms with E-state index in [1.54, 1.807) is 6.07 Å². The van der Waals surface area contributed by atoms with Crippen LogP contribution in [-0.2, 0) is 28.7 Å². The summed E-state index contributed by atoms with van der Waals surface area (Å²) in [4.78, 5) is 59.5. The number of carbonyl (C=O) groups excluding carboxylic acids is 5. The Bertz CT molecular complexity index is 762. The van der Waals surface area contributed by atoms with Crippen LogP contribution in [0, 0.1) is 11.8 Å². The Labute approximate surface area is 161 Å². The highest BCUT2D eigenvalue weighted by Crippen LogP contribution is 2.20. The largest absolute Gasteiger partial charge is 0.468 e. The molecule has 1 rings (SSSR count). The summed E-state index contributed by atoms with van der Waals surface area (Å²) in [7, 11) is 2.16. The molecular formula is C18H23N3O7. The fourth-order valence-electron chi connectivity index (χ4n) is 2.60. The van der Waals surface area contributed by atoms with Gasteiger partial charge in [-0.15, -0.1) is 0 Å². The van der Waals surface area contributed by atoms with E-state index in [0.29, 0.717) is 5.69 Å². The summed E-state index contributed by atoms with van der Waals surface area (Å²) in [5, 5.41) is 4.94. The third kappa shape index (κ3) is 5.79. The predicted molar refractivity (Wildman–Crippen MR) is 97.9 cm³/mol. The highest BCUT2D eigenvalue weighted by atomic mass is 16.5. The molecule has 152 valence electrons. The van der Waals surface area contributed by atoms with Gasteiger partial charge in [0, 0.05) is 24.1 Å². The first kappa shape index (κ1) is 22.6. The quantitative estimate of drug-likeness (QED) is 0.409. The Hall–Kier alpha value is -3.43. The Morgan fingerprint density at radius 2 is 1.61 bits per heavy atom. The van der Waals surface area contributed by atoms with Crippen LogP contribution in [0.25, 0.3) is 0 Å². The monoisotopic (exact) mass is 393 g/mol. The molecule has 1 aromatic rings. The Morgan fingerprint density at radius 3 is 2.07 bits per heavy atom. The first-order valence-electron chi connectivity index (χ1n) is 8.25. The minimum atomic E-state index is -1.46. The van der Waals surface area contributed by atoms with Crippen molar-refractivity contribution >= 4 is 35.3 Å². The molecule has 4 N–H and O–H groups in total. The van der Waals surface area contributed by atoms with E-state index < -0.39 is 41.6 Å². The molecule has 28 heavy (non-hydrogen) atoms. The Morgan fingerprint density at radius 1 is 1.04 bits per heavy atom. The number of rotatable bonds is 8. The summed E-state index contributed by atoms with van der Waals surface area (Å²) in [6, 6.07) is 4.62. The van der Waals surface area contributed by atoms with Gasteiger partial charge in [0.05, 0.1) is 14.2 Å². The van der Waals surface area contributed by atoms with E-state index in [1.165, 1.54) is 32.0 Å². The normalized spacial score (nSPS) is 12.5. The SMILES string of the molecule is COC(=O)C(C(=O)OC)[C@@H](C)[C@H](NC(=O)c1cccc(NC(C)=O)c1)C(N)=O. The zero-order chi connectivity index (χ0) is 21.4. The van der Waals surface area contributed by atoms with Crippen molar-refractivity contribution in [1.29, 1.82) is 0 Å². The van der Waals surface area contributed by atoms with E-state index >= 15 is 0 Å². The molecule has 0 radical (unpaired) electrons. The van der Waals surface area contributed by atoms with Crippen molar-refractivity contribution in [2.75, 3.05) is 19.5 Å². The van der Waals surface area contributed by atoms with E-state index in [0.717, 1.165) is 14.2 Å². The van der Waals surface area contributed by atoms with Gasteiger partial charge in [0.15, 0.2) is 5.92 Å². The van der Waals surface area contributed by atoms with Crippen LogP contribution >= 0.6 is 0 Å². The van der Waals surface area contributed by atoms with Gasteiger partial charge in [-0.3, -0.25) is 24.0 Å². The average Bonchev–Trinajstić information content (AvgIpc) is 2.64. The third-order valence-corrected chi connectivity index (χ3v) is 4.00. The number of amides is 3. The topological polar surface area (TPSA) is 154 Å². The standard InChI is InChI=1S/C18H23N3O7/c1-9(13(17(25)27-3)18(26)28-4)14(15(19)23)21-16(24)11-6-5-7-12(8-11)20-10(2)22/h5-9,13-14H,1-4H3,(H2,19,23)(H,20,22)(H,21,24)/t9-,14+/m1/s1. The molecule has 10 nitrogen and oxygen atoms in total. The lowest BCUT2D eigenvalue weighted by Gasteiger charge is -2.26. The molecule has 0 aliphatic heterocycles. The Balaban J connectivity index is 3.10. The highest BCUT2D eigenvalue weighted by Gasteiger charge is 2.41. The van der Waals surface area contributed by atoms with Gasteiger partial charge in [-0.25, -0.2) is 0 Å².